The fourth-order valence-corrected chi connectivity index (χ4v) is 1.92. The van der Waals surface area contributed by atoms with Gasteiger partial charge in [-0.05, 0) is 23.6 Å². The molecule has 1 aliphatic rings. The molecule has 0 aromatic heterocycles. The fraction of sp³-hybridized carbons (Fsp3) is 0.385. The third kappa shape index (κ3) is 3.45. The van der Waals surface area contributed by atoms with E-state index in [1.54, 1.807) is 0 Å². The highest BCUT2D eigenvalue weighted by molar-refractivity contribution is 5.88. The third-order valence-electron chi connectivity index (χ3n) is 3.07. The molecule has 1 unspecified atom stereocenters. The molecule has 0 saturated carbocycles. The molecule has 102 valence electrons. The van der Waals surface area contributed by atoms with Gasteiger partial charge >= 0.3 is 0 Å². The summed E-state index contributed by atoms with van der Waals surface area (Å²) in [7, 11) is 0. The quantitative estimate of drug-likeness (QED) is 0.681. The number of amides is 2. The van der Waals surface area contributed by atoms with Crippen molar-refractivity contribution in [3.8, 4) is 0 Å². The molecule has 2 rings (SSSR count). The van der Waals surface area contributed by atoms with Crippen LogP contribution in [0.15, 0.2) is 24.3 Å². The minimum Gasteiger partial charge on any atom is -0.399 e. The fourth-order valence-electron chi connectivity index (χ4n) is 1.92. The SMILES string of the molecule is CC(CC(=O)N[C@@H]1CONC1=O)c1ccc(N)cc1. The van der Waals surface area contributed by atoms with Crippen molar-refractivity contribution in [1.82, 2.24) is 10.8 Å². The van der Waals surface area contributed by atoms with E-state index in [1.165, 1.54) is 0 Å². The lowest BCUT2D eigenvalue weighted by atomic mass is 9.97. The molecule has 6 heteroatoms. The van der Waals surface area contributed by atoms with Crippen molar-refractivity contribution in [1.29, 1.82) is 0 Å². The van der Waals surface area contributed by atoms with Crippen LogP contribution < -0.4 is 16.5 Å². The van der Waals surface area contributed by atoms with E-state index >= 15 is 0 Å². The lowest BCUT2D eigenvalue weighted by Crippen LogP contribution is -2.41. The van der Waals surface area contributed by atoms with E-state index in [0.29, 0.717) is 12.1 Å². The zero-order chi connectivity index (χ0) is 13.8. The molecule has 1 fully saturated rings. The molecule has 1 aromatic carbocycles. The van der Waals surface area contributed by atoms with Gasteiger partial charge in [0.05, 0.1) is 0 Å². The van der Waals surface area contributed by atoms with Gasteiger partial charge in [-0.15, -0.1) is 0 Å². The van der Waals surface area contributed by atoms with E-state index in [1.807, 2.05) is 31.2 Å². The van der Waals surface area contributed by atoms with E-state index in [0.717, 1.165) is 5.56 Å². The van der Waals surface area contributed by atoms with E-state index in [2.05, 4.69) is 10.8 Å². The lowest BCUT2D eigenvalue weighted by Gasteiger charge is -2.13. The van der Waals surface area contributed by atoms with Gasteiger partial charge in [0.15, 0.2) is 0 Å². The number of hydrogen-bond acceptors (Lipinski definition) is 4. The molecule has 1 aliphatic heterocycles. The van der Waals surface area contributed by atoms with Crippen molar-refractivity contribution in [2.24, 2.45) is 0 Å². The summed E-state index contributed by atoms with van der Waals surface area (Å²) < 4.78 is 0. The Morgan fingerprint density at radius 2 is 2.21 bits per heavy atom. The third-order valence-corrected chi connectivity index (χ3v) is 3.07. The molecule has 1 aromatic rings. The van der Waals surface area contributed by atoms with Crippen LogP contribution in [-0.2, 0) is 14.4 Å². The number of benzene rings is 1. The highest BCUT2D eigenvalue weighted by Crippen LogP contribution is 2.20. The van der Waals surface area contributed by atoms with Gasteiger partial charge in [0.25, 0.3) is 5.91 Å². The van der Waals surface area contributed by atoms with Crippen LogP contribution >= 0.6 is 0 Å². The molecule has 0 spiro atoms. The van der Waals surface area contributed by atoms with Crippen LogP contribution in [0.5, 0.6) is 0 Å². The molecule has 0 bridgehead atoms. The predicted octanol–water partition coefficient (Wildman–Crippen LogP) is 0.309. The number of nitrogens with one attached hydrogen (secondary N) is 2. The smallest absolute Gasteiger partial charge is 0.268 e. The molecule has 0 radical (unpaired) electrons. The normalized spacial score (nSPS) is 19.8. The summed E-state index contributed by atoms with van der Waals surface area (Å²) in [6.07, 6.45) is 0.313. The second-order valence-electron chi connectivity index (χ2n) is 4.67. The van der Waals surface area contributed by atoms with Crippen LogP contribution in [0.25, 0.3) is 0 Å². The highest BCUT2D eigenvalue weighted by Gasteiger charge is 2.27. The van der Waals surface area contributed by atoms with Crippen LogP contribution in [0, 0.1) is 0 Å². The van der Waals surface area contributed by atoms with E-state index in [4.69, 9.17) is 10.6 Å². The summed E-state index contributed by atoms with van der Waals surface area (Å²) in [4.78, 5) is 27.8. The Labute approximate surface area is 111 Å². The van der Waals surface area contributed by atoms with E-state index in [-0.39, 0.29) is 24.3 Å². The van der Waals surface area contributed by atoms with E-state index in [9.17, 15) is 9.59 Å². The van der Waals surface area contributed by atoms with Crippen molar-refractivity contribution in [2.75, 3.05) is 12.3 Å². The monoisotopic (exact) mass is 263 g/mol. The number of nitrogen functional groups attached to an aromatic ring is 1. The standard InChI is InChI=1S/C13H17N3O3/c1-8(9-2-4-10(14)5-3-9)6-12(17)15-11-7-19-16-13(11)18/h2-5,8,11H,6-7,14H2,1H3,(H,15,17)(H,16,18)/t8?,11-/m1/s1. The summed E-state index contributed by atoms with van der Waals surface area (Å²) in [5.74, 6) is -0.422. The van der Waals surface area contributed by atoms with Crippen molar-refractivity contribution in [3.63, 3.8) is 0 Å². The molecule has 2 atom stereocenters. The first-order chi connectivity index (χ1) is 9.06. The zero-order valence-corrected chi connectivity index (χ0v) is 10.7. The van der Waals surface area contributed by atoms with Gasteiger partial charge in [0.2, 0.25) is 5.91 Å². The van der Waals surface area contributed by atoms with Gasteiger partial charge in [0, 0.05) is 12.1 Å². The summed E-state index contributed by atoms with van der Waals surface area (Å²) in [5, 5.41) is 2.64. The van der Waals surface area contributed by atoms with Gasteiger partial charge in [-0.25, -0.2) is 5.48 Å². The number of carbonyl (C=O) groups is 2. The molecule has 6 nitrogen and oxygen atoms in total. The number of hydrogen-bond donors (Lipinski definition) is 3. The number of anilines is 1. The Morgan fingerprint density at radius 3 is 2.79 bits per heavy atom. The first kappa shape index (κ1) is 13.4. The van der Waals surface area contributed by atoms with Gasteiger partial charge in [0.1, 0.15) is 12.6 Å². The number of rotatable bonds is 4. The van der Waals surface area contributed by atoms with Gasteiger partial charge in [-0.1, -0.05) is 19.1 Å². The van der Waals surface area contributed by atoms with Crippen LogP contribution in [-0.4, -0.2) is 24.5 Å². The molecule has 0 aliphatic carbocycles. The maximum atomic E-state index is 11.8. The maximum Gasteiger partial charge on any atom is 0.268 e. The Balaban J connectivity index is 1.87. The van der Waals surface area contributed by atoms with Crippen LogP contribution in [0.1, 0.15) is 24.8 Å². The van der Waals surface area contributed by atoms with Crippen molar-refractivity contribution in [3.05, 3.63) is 29.8 Å². The van der Waals surface area contributed by atoms with Crippen LogP contribution in [0.2, 0.25) is 0 Å². The Hall–Kier alpha value is -2.08. The summed E-state index contributed by atoms with van der Waals surface area (Å²) >= 11 is 0. The van der Waals surface area contributed by atoms with Crippen molar-refractivity contribution >= 4 is 17.5 Å². The molecule has 1 heterocycles. The van der Waals surface area contributed by atoms with Gasteiger partial charge in [-0.2, -0.15) is 0 Å². The molecule has 4 N–H and O–H groups in total. The second kappa shape index (κ2) is 5.71. The van der Waals surface area contributed by atoms with Crippen molar-refractivity contribution < 1.29 is 14.4 Å². The largest absolute Gasteiger partial charge is 0.399 e. The predicted molar refractivity (Wildman–Crippen MR) is 69.9 cm³/mol. The Bertz CT molecular complexity index is 473. The minimum atomic E-state index is -0.592. The minimum absolute atomic E-state index is 0.0611. The van der Waals surface area contributed by atoms with Crippen LogP contribution in [0.3, 0.4) is 0 Å². The molecule has 2 amide bonds. The number of nitrogens with two attached hydrogens (primary N) is 1. The summed E-state index contributed by atoms with van der Waals surface area (Å²) in [6.45, 7) is 2.12. The highest BCUT2D eigenvalue weighted by atomic mass is 16.7. The molecular formula is C13H17N3O3. The van der Waals surface area contributed by atoms with E-state index < -0.39 is 6.04 Å². The average molecular weight is 263 g/mol. The number of carbonyl (C=O) groups excluding carboxylic acids is 2. The zero-order valence-electron chi connectivity index (χ0n) is 10.7. The molecule has 1 saturated heterocycles. The Kier molecular flexibility index (Phi) is 4.01. The number of hydroxylamine groups is 1. The summed E-state index contributed by atoms with van der Waals surface area (Å²) in [5.41, 5.74) is 9.55. The Morgan fingerprint density at radius 1 is 1.53 bits per heavy atom. The average Bonchev–Trinajstić information content (AvgIpc) is 2.75. The molecule has 19 heavy (non-hydrogen) atoms. The first-order valence-corrected chi connectivity index (χ1v) is 6.12. The topological polar surface area (TPSA) is 93.5 Å². The molecular weight excluding hydrogens is 246 g/mol. The van der Waals surface area contributed by atoms with Crippen molar-refractivity contribution in [2.45, 2.75) is 25.3 Å². The van der Waals surface area contributed by atoms with Crippen LogP contribution in [0.4, 0.5) is 5.69 Å². The summed E-state index contributed by atoms with van der Waals surface area (Å²) in [6, 6.07) is 6.83. The lowest BCUT2D eigenvalue weighted by molar-refractivity contribution is -0.128. The maximum absolute atomic E-state index is 11.8. The van der Waals surface area contributed by atoms with Gasteiger partial charge in [-0.3, -0.25) is 14.4 Å². The second-order valence-corrected chi connectivity index (χ2v) is 4.67. The first-order valence-electron chi connectivity index (χ1n) is 6.12. The van der Waals surface area contributed by atoms with Gasteiger partial charge < -0.3 is 11.1 Å².